The van der Waals surface area contributed by atoms with Crippen molar-refractivity contribution in [2.24, 2.45) is 5.92 Å². The Hall–Kier alpha value is -2.33. The molecule has 0 unspecified atom stereocenters. The van der Waals surface area contributed by atoms with E-state index in [0.717, 1.165) is 12.8 Å². The monoisotopic (exact) mass is 211 g/mol. The minimum atomic E-state index is -0.00593. The summed E-state index contributed by atoms with van der Waals surface area (Å²) < 4.78 is 0. The van der Waals surface area contributed by atoms with Gasteiger partial charge in [-0.05, 0) is 31.0 Å². The molecule has 0 atom stereocenters. The summed E-state index contributed by atoms with van der Waals surface area (Å²) >= 11 is 0. The van der Waals surface area contributed by atoms with Crippen molar-refractivity contribution >= 4 is 11.6 Å². The van der Waals surface area contributed by atoms with Gasteiger partial charge in [0.15, 0.2) is 0 Å². The van der Waals surface area contributed by atoms with Gasteiger partial charge in [-0.15, -0.1) is 0 Å². The van der Waals surface area contributed by atoms with Crippen molar-refractivity contribution in [3.63, 3.8) is 0 Å². The summed E-state index contributed by atoms with van der Waals surface area (Å²) in [7, 11) is 0. The highest BCUT2D eigenvalue weighted by atomic mass is 16.2. The van der Waals surface area contributed by atoms with Crippen molar-refractivity contribution in [3.8, 4) is 12.1 Å². The standard InChI is InChI=1S/C12H9N3O/c13-6-9-3-4-11(5-10(9)7-14)15-12(16)8-1-2-8/h3-5,8H,1-2H2,(H,15,16). The zero-order valence-electron chi connectivity index (χ0n) is 8.53. The van der Waals surface area contributed by atoms with Gasteiger partial charge in [-0.3, -0.25) is 4.79 Å². The topological polar surface area (TPSA) is 76.7 Å². The number of hydrogen-bond donors (Lipinski definition) is 1. The van der Waals surface area contributed by atoms with Crippen LogP contribution < -0.4 is 5.32 Å². The lowest BCUT2D eigenvalue weighted by molar-refractivity contribution is -0.117. The Bertz CT molecular complexity index is 518. The SMILES string of the molecule is N#Cc1ccc(NC(=O)C2CC2)cc1C#N. The first-order valence-electron chi connectivity index (χ1n) is 4.99. The van der Waals surface area contributed by atoms with E-state index in [1.807, 2.05) is 12.1 Å². The van der Waals surface area contributed by atoms with E-state index in [9.17, 15) is 4.79 Å². The van der Waals surface area contributed by atoms with Crippen LogP contribution in [0.2, 0.25) is 0 Å². The Morgan fingerprint density at radius 1 is 1.25 bits per heavy atom. The summed E-state index contributed by atoms with van der Waals surface area (Å²) in [5, 5.41) is 20.3. The van der Waals surface area contributed by atoms with Crippen LogP contribution in [0.5, 0.6) is 0 Å². The van der Waals surface area contributed by atoms with Gasteiger partial charge in [0, 0.05) is 11.6 Å². The minimum Gasteiger partial charge on any atom is -0.326 e. The number of nitrogens with zero attached hydrogens (tertiary/aromatic N) is 2. The predicted molar refractivity (Wildman–Crippen MR) is 57.2 cm³/mol. The van der Waals surface area contributed by atoms with Crippen molar-refractivity contribution in [1.82, 2.24) is 0 Å². The van der Waals surface area contributed by atoms with Crippen molar-refractivity contribution in [3.05, 3.63) is 29.3 Å². The molecule has 0 heterocycles. The van der Waals surface area contributed by atoms with Crippen LogP contribution >= 0.6 is 0 Å². The summed E-state index contributed by atoms with van der Waals surface area (Å²) in [6.07, 6.45) is 1.88. The molecule has 1 fully saturated rings. The van der Waals surface area contributed by atoms with E-state index in [4.69, 9.17) is 10.5 Å². The van der Waals surface area contributed by atoms with E-state index in [1.165, 1.54) is 6.07 Å². The van der Waals surface area contributed by atoms with Gasteiger partial charge in [-0.25, -0.2) is 0 Å². The van der Waals surface area contributed by atoms with Gasteiger partial charge in [-0.1, -0.05) is 0 Å². The lowest BCUT2D eigenvalue weighted by Gasteiger charge is -2.04. The number of nitriles is 2. The fourth-order valence-corrected chi connectivity index (χ4v) is 1.40. The molecule has 0 aliphatic heterocycles. The first kappa shape index (κ1) is 10.2. The van der Waals surface area contributed by atoms with Crippen LogP contribution in [0, 0.1) is 28.6 Å². The number of carbonyl (C=O) groups excluding carboxylic acids is 1. The second-order valence-electron chi connectivity index (χ2n) is 3.75. The molecule has 0 bridgehead atoms. The minimum absolute atomic E-state index is 0.00593. The van der Waals surface area contributed by atoms with Gasteiger partial charge < -0.3 is 5.32 Å². The van der Waals surface area contributed by atoms with Crippen LogP contribution in [0.1, 0.15) is 24.0 Å². The van der Waals surface area contributed by atoms with Gasteiger partial charge in [0.25, 0.3) is 0 Å². The Labute approximate surface area is 93.1 Å². The highest BCUT2D eigenvalue weighted by Gasteiger charge is 2.29. The third-order valence-electron chi connectivity index (χ3n) is 2.48. The summed E-state index contributed by atoms with van der Waals surface area (Å²) in [5.74, 6) is 0.120. The predicted octanol–water partition coefficient (Wildman–Crippen LogP) is 1.78. The quantitative estimate of drug-likeness (QED) is 0.809. The Morgan fingerprint density at radius 2 is 1.94 bits per heavy atom. The second-order valence-corrected chi connectivity index (χ2v) is 3.75. The number of rotatable bonds is 2. The lowest BCUT2D eigenvalue weighted by atomic mass is 10.1. The maximum atomic E-state index is 11.5. The van der Waals surface area contributed by atoms with Crippen LogP contribution in [0.25, 0.3) is 0 Å². The molecule has 4 heteroatoms. The van der Waals surface area contributed by atoms with E-state index in [0.29, 0.717) is 11.3 Å². The molecule has 1 saturated carbocycles. The zero-order valence-corrected chi connectivity index (χ0v) is 8.53. The number of nitrogens with one attached hydrogen (secondary N) is 1. The maximum Gasteiger partial charge on any atom is 0.227 e. The number of benzene rings is 1. The van der Waals surface area contributed by atoms with Gasteiger partial charge >= 0.3 is 0 Å². The average molecular weight is 211 g/mol. The van der Waals surface area contributed by atoms with Crippen LogP contribution in [-0.2, 0) is 4.79 Å². The highest BCUT2D eigenvalue weighted by molar-refractivity contribution is 5.94. The molecule has 0 saturated heterocycles. The maximum absolute atomic E-state index is 11.5. The first-order chi connectivity index (χ1) is 7.74. The molecular weight excluding hydrogens is 202 g/mol. The van der Waals surface area contributed by atoms with Crippen molar-refractivity contribution < 1.29 is 4.79 Å². The molecule has 1 aliphatic carbocycles. The third-order valence-corrected chi connectivity index (χ3v) is 2.48. The molecule has 0 aromatic heterocycles. The van der Waals surface area contributed by atoms with E-state index in [2.05, 4.69) is 5.32 Å². The van der Waals surface area contributed by atoms with Crippen LogP contribution in [0.4, 0.5) is 5.69 Å². The van der Waals surface area contributed by atoms with Gasteiger partial charge in [0.2, 0.25) is 5.91 Å². The van der Waals surface area contributed by atoms with Crippen LogP contribution in [0.3, 0.4) is 0 Å². The second kappa shape index (κ2) is 4.04. The number of carbonyl (C=O) groups is 1. The van der Waals surface area contributed by atoms with Crippen molar-refractivity contribution in [1.29, 1.82) is 10.5 Å². The largest absolute Gasteiger partial charge is 0.326 e. The fraction of sp³-hybridized carbons (Fsp3) is 0.250. The van der Waals surface area contributed by atoms with E-state index >= 15 is 0 Å². The lowest BCUT2D eigenvalue weighted by Crippen LogP contribution is -2.13. The fourth-order valence-electron chi connectivity index (χ4n) is 1.40. The van der Waals surface area contributed by atoms with Gasteiger partial charge in [0.1, 0.15) is 12.1 Å². The van der Waals surface area contributed by atoms with Crippen LogP contribution in [-0.4, -0.2) is 5.91 Å². The number of anilines is 1. The van der Waals surface area contributed by atoms with Crippen molar-refractivity contribution in [2.75, 3.05) is 5.32 Å². The van der Waals surface area contributed by atoms with Gasteiger partial charge in [-0.2, -0.15) is 10.5 Å². The third kappa shape index (κ3) is 2.02. The number of hydrogen-bond acceptors (Lipinski definition) is 3. The molecule has 1 aromatic rings. The summed E-state index contributed by atoms with van der Waals surface area (Å²) in [4.78, 5) is 11.5. The molecule has 1 aliphatic rings. The van der Waals surface area contributed by atoms with E-state index in [-0.39, 0.29) is 17.4 Å². The normalized spacial score (nSPS) is 13.6. The zero-order chi connectivity index (χ0) is 11.5. The molecule has 1 aromatic carbocycles. The molecule has 2 rings (SSSR count). The average Bonchev–Trinajstić information content (AvgIpc) is 3.12. The molecule has 78 valence electrons. The smallest absolute Gasteiger partial charge is 0.227 e. The molecule has 1 amide bonds. The number of amides is 1. The molecule has 1 N–H and O–H groups in total. The Kier molecular flexibility index (Phi) is 2.57. The van der Waals surface area contributed by atoms with E-state index < -0.39 is 0 Å². The molecule has 0 spiro atoms. The molecule has 4 nitrogen and oxygen atoms in total. The van der Waals surface area contributed by atoms with Crippen LogP contribution in [0.15, 0.2) is 18.2 Å². The summed E-state index contributed by atoms with van der Waals surface area (Å²) in [6, 6.07) is 8.57. The summed E-state index contributed by atoms with van der Waals surface area (Å²) in [6.45, 7) is 0. The highest BCUT2D eigenvalue weighted by Crippen LogP contribution is 2.30. The van der Waals surface area contributed by atoms with E-state index in [1.54, 1.807) is 12.1 Å². The summed E-state index contributed by atoms with van der Waals surface area (Å²) in [5.41, 5.74) is 1.19. The molecular formula is C12H9N3O. The van der Waals surface area contributed by atoms with Crippen molar-refractivity contribution in [2.45, 2.75) is 12.8 Å². The Balaban J connectivity index is 2.20. The molecule has 0 radical (unpaired) electrons. The molecule has 16 heavy (non-hydrogen) atoms. The first-order valence-corrected chi connectivity index (χ1v) is 4.99. The Morgan fingerprint density at radius 3 is 2.50 bits per heavy atom. The van der Waals surface area contributed by atoms with Gasteiger partial charge in [0.05, 0.1) is 11.1 Å².